The van der Waals surface area contributed by atoms with Crippen LogP contribution in [0.1, 0.15) is 76.2 Å². The first-order valence-electron chi connectivity index (χ1n) is 14.6. The van der Waals surface area contributed by atoms with Crippen LogP contribution in [-0.2, 0) is 20.8 Å². The molecule has 0 unspecified atom stereocenters. The van der Waals surface area contributed by atoms with Gasteiger partial charge in [-0.25, -0.2) is 9.97 Å². The molecule has 232 valence electrons. The Hall–Kier alpha value is -4.59. The second-order valence-electron chi connectivity index (χ2n) is 11.1. The van der Waals surface area contributed by atoms with Gasteiger partial charge in [-0.2, -0.15) is 0 Å². The van der Waals surface area contributed by atoms with Crippen LogP contribution in [0.2, 0.25) is 0 Å². The molecule has 0 aliphatic carbocycles. The number of likely N-dealkylation sites (tertiary alicyclic amines) is 1. The molecule has 1 aromatic carbocycles. The van der Waals surface area contributed by atoms with Crippen LogP contribution in [0.4, 0.5) is 0 Å². The minimum absolute atomic E-state index is 0.00225. The Morgan fingerprint density at radius 3 is 2.57 bits per heavy atom. The van der Waals surface area contributed by atoms with Crippen molar-refractivity contribution in [2.45, 2.75) is 45.2 Å². The third-order valence-electron chi connectivity index (χ3n) is 7.50. The number of aromatic nitrogens is 2. The van der Waals surface area contributed by atoms with Crippen molar-refractivity contribution in [2.24, 2.45) is 5.92 Å². The molecule has 14 heteroatoms. The number of oxazole rings is 1. The van der Waals surface area contributed by atoms with Gasteiger partial charge in [0.25, 0.3) is 11.8 Å². The molecule has 0 saturated carbocycles. The summed E-state index contributed by atoms with van der Waals surface area (Å²) >= 11 is 1.25. The fraction of sp³-hybridized carbons (Fsp3) is 0.433. The van der Waals surface area contributed by atoms with Crippen molar-refractivity contribution in [3.8, 4) is 0 Å². The zero-order chi connectivity index (χ0) is 31.2. The highest BCUT2D eigenvalue weighted by Gasteiger charge is 2.30. The number of amides is 5. The number of thiazole rings is 1. The number of carbonyl (C=O) groups is 5. The van der Waals surface area contributed by atoms with Crippen LogP contribution in [0, 0.1) is 5.92 Å². The molecule has 5 rings (SSSR count). The van der Waals surface area contributed by atoms with Gasteiger partial charge in [0.2, 0.25) is 23.6 Å². The predicted octanol–water partition coefficient (Wildman–Crippen LogP) is 1.85. The van der Waals surface area contributed by atoms with Gasteiger partial charge < -0.3 is 30.2 Å². The lowest BCUT2D eigenvalue weighted by Gasteiger charge is -2.27. The summed E-state index contributed by atoms with van der Waals surface area (Å²) in [4.78, 5) is 76.7. The lowest BCUT2D eigenvalue weighted by atomic mass is 10.0. The average molecular weight is 622 g/mol. The molecule has 44 heavy (non-hydrogen) atoms. The number of hydrogen-bond donors (Lipinski definition) is 3. The molecule has 4 heterocycles. The van der Waals surface area contributed by atoms with Crippen molar-refractivity contribution in [3.63, 3.8) is 0 Å². The topological polar surface area (TPSA) is 167 Å². The Bertz CT molecular complexity index is 1520. The monoisotopic (exact) mass is 621 g/mol. The van der Waals surface area contributed by atoms with E-state index < -0.39 is 35.7 Å². The molecule has 3 N–H and O–H groups in total. The molecule has 2 atom stereocenters. The van der Waals surface area contributed by atoms with E-state index in [2.05, 4.69) is 25.9 Å². The molecule has 0 spiro atoms. The van der Waals surface area contributed by atoms with Gasteiger partial charge >= 0.3 is 0 Å². The van der Waals surface area contributed by atoms with Gasteiger partial charge in [-0.15, -0.1) is 11.3 Å². The Morgan fingerprint density at radius 1 is 1.05 bits per heavy atom. The van der Waals surface area contributed by atoms with Crippen molar-refractivity contribution >= 4 is 40.9 Å². The van der Waals surface area contributed by atoms with Crippen LogP contribution in [0.15, 0.2) is 46.4 Å². The lowest BCUT2D eigenvalue weighted by molar-refractivity contribution is -0.140. The predicted molar refractivity (Wildman–Crippen MR) is 159 cm³/mol. The number of nitrogens with zero attached hydrogens (tertiary/aromatic N) is 4. The smallest absolute Gasteiger partial charge is 0.273 e. The molecule has 4 bridgehead atoms. The second-order valence-corrected chi connectivity index (χ2v) is 12.0. The standard InChI is InChI=1S/C30H35N7O6S/c1-18(2)26-30-34-22(17-44-30)28(42)32-20(13-19-7-4-3-5-8-19)29-33-21(16-43-29)27(41)31-10-12-37(14-23(38)35-26)25(40)15-36-11-6-9-24(36)39/h3-5,7-8,16-18,20,26H,6,9-15H2,1-2H3,(H,31,41)(H,32,42)(H,35,38)/t20-,26-/m0/s1. The number of rotatable bonds is 5. The quantitative estimate of drug-likeness (QED) is 0.388. The maximum atomic E-state index is 13.4. The fourth-order valence-corrected chi connectivity index (χ4v) is 6.12. The first kappa shape index (κ1) is 30.9. The van der Waals surface area contributed by atoms with Gasteiger partial charge in [0.05, 0.1) is 19.1 Å². The first-order valence-corrected chi connectivity index (χ1v) is 15.4. The Morgan fingerprint density at radius 2 is 1.84 bits per heavy atom. The van der Waals surface area contributed by atoms with Gasteiger partial charge in [-0.3, -0.25) is 24.0 Å². The third-order valence-corrected chi connectivity index (χ3v) is 8.42. The minimum Gasteiger partial charge on any atom is -0.446 e. The molecule has 1 fully saturated rings. The van der Waals surface area contributed by atoms with E-state index in [1.54, 1.807) is 5.38 Å². The minimum atomic E-state index is -0.697. The highest BCUT2D eigenvalue weighted by atomic mass is 32.1. The highest BCUT2D eigenvalue weighted by molar-refractivity contribution is 7.09. The molecule has 13 nitrogen and oxygen atoms in total. The van der Waals surface area contributed by atoms with Crippen LogP contribution in [0.5, 0.6) is 0 Å². The van der Waals surface area contributed by atoms with E-state index in [9.17, 15) is 24.0 Å². The molecule has 2 aliphatic heterocycles. The van der Waals surface area contributed by atoms with Gasteiger partial charge in [0.1, 0.15) is 23.0 Å². The van der Waals surface area contributed by atoms with E-state index >= 15 is 0 Å². The molecular formula is C30H35N7O6S. The van der Waals surface area contributed by atoms with Crippen molar-refractivity contribution in [1.82, 2.24) is 35.7 Å². The summed E-state index contributed by atoms with van der Waals surface area (Å²) in [7, 11) is 0. The molecular weight excluding hydrogens is 586 g/mol. The zero-order valence-corrected chi connectivity index (χ0v) is 25.4. The van der Waals surface area contributed by atoms with Crippen molar-refractivity contribution in [3.05, 3.63) is 69.8 Å². The van der Waals surface area contributed by atoms with E-state index in [0.717, 1.165) is 5.56 Å². The van der Waals surface area contributed by atoms with Gasteiger partial charge in [-0.1, -0.05) is 44.2 Å². The normalized spacial score (nSPS) is 20.2. The third kappa shape index (κ3) is 7.48. The van der Waals surface area contributed by atoms with Crippen molar-refractivity contribution in [1.29, 1.82) is 0 Å². The van der Waals surface area contributed by atoms with E-state index in [4.69, 9.17) is 4.42 Å². The summed E-state index contributed by atoms with van der Waals surface area (Å²) in [5.74, 6) is -1.85. The summed E-state index contributed by atoms with van der Waals surface area (Å²) in [6, 6.07) is 8.28. The molecule has 5 amide bonds. The molecule has 3 aromatic rings. The maximum Gasteiger partial charge on any atom is 0.273 e. The van der Waals surface area contributed by atoms with Crippen LogP contribution in [0.25, 0.3) is 0 Å². The summed E-state index contributed by atoms with van der Waals surface area (Å²) in [6.45, 7) is 3.96. The van der Waals surface area contributed by atoms with Crippen LogP contribution < -0.4 is 16.0 Å². The van der Waals surface area contributed by atoms with Crippen molar-refractivity contribution < 1.29 is 28.4 Å². The highest BCUT2D eigenvalue weighted by Crippen LogP contribution is 2.26. The lowest BCUT2D eigenvalue weighted by Crippen LogP contribution is -2.48. The number of hydrogen-bond acceptors (Lipinski definition) is 9. The van der Waals surface area contributed by atoms with Gasteiger partial charge in [0.15, 0.2) is 5.69 Å². The van der Waals surface area contributed by atoms with E-state index in [1.165, 1.54) is 27.4 Å². The largest absolute Gasteiger partial charge is 0.446 e. The van der Waals surface area contributed by atoms with E-state index in [-0.39, 0.29) is 55.3 Å². The number of benzene rings is 1. The zero-order valence-electron chi connectivity index (χ0n) is 24.6. The molecule has 2 aromatic heterocycles. The first-order chi connectivity index (χ1) is 21.2. The van der Waals surface area contributed by atoms with Crippen LogP contribution in [0.3, 0.4) is 0 Å². The van der Waals surface area contributed by atoms with E-state index in [0.29, 0.717) is 30.8 Å². The maximum absolute atomic E-state index is 13.4. The summed E-state index contributed by atoms with van der Waals surface area (Å²) in [5.41, 5.74) is 1.09. The molecule has 1 saturated heterocycles. The number of carbonyl (C=O) groups excluding carboxylic acids is 5. The summed E-state index contributed by atoms with van der Waals surface area (Å²) in [6.07, 6.45) is 2.64. The number of fused-ring (bicyclic) bond motifs is 4. The van der Waals surface area contributed by atoms with Crippen LogP contribution in [-0.4, -0.2) is 82.0 Å². The van der Waals surface area contributed by atoms with Gasteiger partial charge in [0, 0.05) is 37.9 Å². The Labute approximate surface area is 258 Å². The SMILES string of the molecule is CC(C)[C@@H]1NC(=O)CN(C(=O)CN2CCCC2=O)CCNC(=O)c2coc(n2)[C@H](Cc2ccccc2)NC(=O)c2csc1n2. The molecule has 0 radical (unpaired) electrons. The van der Waals surface area contributed by atoms with Gasteiger partial charge in [-0.05, 0) is 17.9 Å². The summed E-state index contributed by atoms with van der Waals surface area (Å²) < 4.78 is 5.67. The number of nitrogens with one attached hydrogen (secondary N) is 3. The van der Waals surface area contributed by atoms with Crippen molar-refractivity contribution in [2.75, 3.05) is 32.7 Å². The average Bonchev–Trinajstić information content (AvgIpc) is 3.77. The second kappa shape index (κ2) is 13.8. The molecule has 2 aliphatic rings. The Balaban J connectivity index is 1.43. The van der Waals surface area contributed by atoms with E-state index in [1.807, 2.05) is 44.2 Å². The summed E-state index contributed by atoms with van der Waals surface area (Å²) in [5, 5.41) is 10.8. The fourth-order valence-electron chi connectivity index (χ4n) is 5.10. The Kier molecular flexibility index (Phi) is 9.68. The van der Waals surface area contributed by atoms with Crippen LogP contribution >= 0.6 is 11.3 Å².